The number of methoxy groups -OCH3 is 2. The van der Waals surface area contributed by atoms with Gasteiger partial charge in [-0.15, -0.1) is 0 Å². The number of benzene rings is 3. The molecule has 0 heterocycles. The molecule has 7 heteroatoms. The van der Waals surface area contributed by atoms with E-state index in [0.717, 1.165) is 5.56 Å². The molecule has 154 valence electrons. The lowest BCUT2D eigenvalue weighted by molar-refractivity contribution is 0.101. The molecular formula is C23H23N3O4. The Labute approximate surface area is 174 Å². The summed E-state index contributed by atoms with van der Waals surface area (Å²) in [6, 6.07) is 19.0. The van der Waals surface area contributed by atoms with Crippen LogP contribution in [0, 0.1) is 0 Å². The van der Waals surface area contributed by atoms with Gasteiger partial charge in [0, 0.05) is 29.0 Å². The second-order valence-corrected chi connectivity index (χ2v) is 6.42. The van der Waals surface area contributed by atoms with E-state index >= 15 is 0 Å². The van der Waals surface area contributed by atoms with Crippen LogP contribution in [-0.2, 0) is 6.54 Å². The first-order chi connectivity index (χ1) is 14.5. The maximum absolute atomic E-state index is 12.8. The molecule has 0 aromatic heterocycles. The zero-order valence-corrected chi connectivity index (χ0v) is 16.8. The van der Waals surface area contributed by atoms with Crippen molar-refractivity contribution < 1.29 is 19.1 Å². The summed E-state index contributed by atoms with van der Waals surface area (Å²) in [5.74, 6) is 0.404. The fourth-order valence-electron chi connectivity index (χ4n) is 2.91. The highest BCUT2D eigenvalue weighted by Gasteiger charge is 2.14. The zero-order valence-electron chi connectivity index (χ0n) is 16.8. The van der Waals surface area contributed by atoms with Crippen LogP contribution in [0.3, 0.4) is 0 Å². The van der Waals surface area contributed by atoms with Crippen LogP contribution in [-0.4, -0.2) is 26.0 Å². The van der Waals surface area contributed by atoms with Gasteiger partial charge in [-0.25, -0.2) is 0 Å². The van der Waals surface area contributed by atoms with Gasteiger partial charge in [-0.3, -0.25) is 9.59 Å². The van der Waals surface area contributed by atoms with E-state index in [-0.39, 0.29) is 18.4 Å². The topological polar surface area (TPSA) is 103 Å². The molecule has 3 aromatic carbocycles. The third-order valence-electron chi connectivity index (χ3n) is 4.52. The number of anilines is 2. The monoisotopic (exact) mass is 405 g/mol. The summed E-state index contributed by atoms with van der Waals surface area (Å²) < 4.78 is 10.5. The normalized spacial score (nSPS) is 10.2. The van der Waals surface area contributed by atoms with Crippen LogP contribution < -0.4 is 25.8 Å². The summed E-state index contributed by atoms with van der Waals surface area (Å²) in [4.78, 5) is 25.2. The lowest BCUT2D eigenvalue weighted by Crippen LogP contribution is -2.16. The van der Waals surface area contributed by atoms with Crippen molar-refractivity contribution in [1.29, 1.82) is 0 Å². The molecule has 4 N–H and O–H groups in total. The highest BCUT2D eigenvalue weighted by molar-refractivity contribution is 6.07. The van der Waals surface area contributed by atoms with Gasteiger partial charge in [0.05, 0.1) is 14.2 Å². The van der Waals surface area contributed by atoms with Crippen LogP contribution in [0.25, 0.3) is 0 Å². The molecule has 0 saturated carbocycles. The maximum atomic E-state index is 12.8. The van der Waals surface area contributed by atoms with Gasteiger partial charge in [0.15, 0.2) is 11.5 Å². The molecule has 0 aliphatic heterocycles. The summed E-state index contributed by atoms with van der Waals surface area (Å²) in [6.07, 6.45) is 0. The van der Waals surface area contributed by atoms with Gasteiger partial charge in [-0.1, -0.05) is 24.3 Å². The van der Waals surface area contributed by atoms with E-state index < -0.39 is 0 Å². The van der Waals surface area contributed by atoms with Crippen molar-refractivity contribution in [2.24, 2.45) is 5.73 Å². The predicted molar refractivity (Wildman–Crippen MR) is 116 cm³/mol. The quantitative estimate of drug-likeness (QED) is 0.557. The number of carbonyl (C=O) groups is 2. The second-order valence-electron chi connectivity index (χ2n) is 6.42. The first kappa shape index (κ1) is 20.9. The zero-order chi connectivity index (χ0) is 21.5. The van der Waals surface area contributed by atoms with Crippen molar-refractivity contribution in [2.45, 2.75) is 6.54 Å². The first-order valence-electron chi connectivity index (χ1n) is 9.28. The summed E-state index contributed by atoms with van der Waals surface area (Å²) in [7, 11) is 3.03. The molecule has 0 fully saturated rings. The van der Waals surface area contributed by atoms with Crippen LogP contribution in [0.1, 0.15) is 26.3 Å². The number of hydrogen-bond donors (Lipinski definition) is 3. The molecule has 0 saturated heterocycles. The van der Waals surface area contributed by atoms with Crippen LogP contribution in [0.5, 0.6) is 11.5 Å². The largest absolute Gasteiger partial charge is 0.493 e. The number of nitrogens with two attached hydrogens (primary N) is 1. The molecule has 2 amide bonds. The summed E-state index contributed by atoms with van der Waals surface area (Å²) >= 11 is 0. The fourth-order valence-corrected chi connectivity index (χ4v) is 2.91. The van der Waals surface area contributed by atoms with E-state index in [1.807, 2.05) is 6.07 Å². The Morgan fingerprint density at radius 3 is 2.17 bits per heavy atom. The van der Waals surface area contributed by atoms with Gasteiger partial charge in [-0.05, 0) is 48.0 Å². The van der Waals surface area contributed by atoms with E-state index in [1.165, 1.54) is 14.2 Å². The van der Waals surface area contributed by atoms with E-state index in [0.29, 0.717) is 34.0 Å². The van der Waals surface area contributed by atoms with Crippen molar-refractivity contribution in [3.63, 3.8) is 0 Å². The van der Waals surface area contributed by atoms with Crippen LogP contribution >= 0.6 is 0 Å². The number of carbonyl (C=O) groups excluding carboxylic acids is 2. The van der Waals surface area contributed by atoms with Gasteiger partial charge < -0.3 is 25.8 Å². The van der Waals surface area contributed by atoms with Gasteiger partial charge in [0.2, 0.25) is 0 Å². The smallest absolute Gasteiger partial charge is 0.255 e. The van der Waals surface area contributed by atoms with Crippen LogP contribution in [0.4, 0.5) is 11.4 Å². The Hall–Kier alpha value is -3.84. The fraction of sp³-hybridized carbons (Fsp3) is 0.130. The summed E-state index contributed by atoms with van der Waals surface area (Å²) in [5, 5.41) is 5.68. The summed E-state index contributed by atoms with van der Waals surface area (Å²) in [6.45, 7) is 0.231. The molecule has 3 aromatic rings. The van der Waals surface area contributed by atoms with E-state index in [4.69, 9.17) is 15.2 Å². The number of rotatable bonds is 7. The number of amides is 2. The first-order valence-corrected chi connectivity index (χ1v) is 9.28. The third-order valence-corrected chi connectivity index (χ3v) is 4.52. The molecule has 0 atom stereocenters. The predicted octanol–water partition coefficient (Wildman–Crippen LogP) is 3.67. The van der Waals surface area contributed by atoms with E-state index in [2.05, 4.69) is 10.6 Å². The second kappa shape index (κ2) is 9.58. The molecule has 7 nitrogen and oxygen atoms in total. The Morgan fingerprint density at radius 2 is 1.50 bits per heavy atom. The van der Waals surface area contributed by atoms with Crippen molar-refractivity contribution in [3.8, 4) is 11.5 Å². The molecule has 0 spiro atoms. The maximum Gasteiger partial charge on any atom is 0.255 e. The van der Waals surface area contributed by atoms with Gasteiger partial charge in [0.1, 0.15) is 0 Å². The average molecular weight is 405 g/mol. The Kier molecular flexibility index (Phi) is 6.67. The van der Waals surface area contributed by atoms with Gasteiger partial charge in [-0.2, -0.15) is 0 Å². The molecule has 30 heavy (non-hydrogen) atoms. The van der Waals surface area contributed by atoms with E-state index in [1.54, 1.807) is 60.7 Å². The minimum Gasteiger partial charge on any atom is -0.493 e. The lowest BCUT2D eigenvalue weighted by atomic mass is 10.1. The Balaban J connectivity index is 1.82. The third kappa shape index (κ3) is 4.76. The Bertz CT molecular complexity index is 1050. The number of hydrogen-bond acceptors (Lipinski definition) is 5. The number of nitrogens with one attached hydrogen (secondary N) is 2. The highest BCUT2D eigenvalue weighted by Crippen LogP contribution is 2.28. The summed E-state index contributed by atoms with van der Waals surface area (Å²) in [5.41, 5.74) is 8.55. The minimum absolute atomic E-state index is 0.231. The van der Waals surface area contributed by atoms with Crippen molar-refractivity contribution in [1.82, 2.24) is 0 Å². The van der Waals surface area contributed by atoms with Crippen molar-refractivity contribution >= 4 is 23.2 Å². The molecule has 3 rings (SSSR count). The Morgan fingerprint density at radius 1 is 0.800 bits per heavy atom. The van der Waals surface area contributed by atoms with Gasteiger partial charge >= 0.3 is 0 Å². The van der Waals surface area contributed by atoms with Crippen LogP contribution in [0.15, 0.2) is 66.7 Å². The minimum atomic E-state index is -0.336. The molecule has 0 bridgehead atoms. The lowest BCUT2D eigenvalue weighted by Gasteiger charge is -2.14. The van der Waals surface area contributed by atoms with Gasteiger partial charge in [0.25, 0.3) is 11.8 Å². The highest BCUT2D eigenvalue weighted by atomic mass is 16.5. The van der Waals surface area contributed by atoms with Crippen molar-refractivity contribution in [3.05, 3.63) is 83.4 Å². The van der Waals surface area contributed by atoms with Crippen LogP contribution in [0.2, 0.25) is 0 Å². The molecule has 0 aliphatic carbocycles. The average Bonchev–Trinajstić information content (AvgIpc) is 2.79. The van der Waals surface area contributed by atoms with Crippen molar-refractivity contribution in [2.75, 3.05) is 24.9 Å². The molecule has 0 radical (unpaired) electrons. The van der Waals surface area contributed by atoms with E-state index in [9.17, 15) is 9.59 Å². The standard InChI is InChI=1S/C23H23N3O4/c1-29-20-11-9-16(12-21(20)30-2)23(28)26-19-13-18(10-8-17(19)14-24)25-22(27)15-6-4-3-5-7-15/h3-13H,14,24H2,1-2H3,(H,25,27)(H,26,28). The SMILES string of the molecule is COc1ccc(C(=O)Nc2cc(NC(=O)c3ccccc3)ccc2CN)cc1OC. The molecule has 0 aliphatic rings. The molecular weight excluding hydrogens is 382 g/mol. The number of ether oxygens (including phenoxy) is 2. The molecule has 0 unspecified atom stereocenters.